The predicted octanol–water partition coefficient (Wildman–Crippen LogP) is 2.87. The zero-order valence-corrected chi connectivity index (χ0v) is 11.6. The highest BCUT2D eigenvalue weighted by atomic mass is 19.4. The molecule has 0 heterocycles. The van der Waals surface area contributed by atoms with Gasteiger partial charge in [0.25, 0.3) is 0 Å². The molecule has 1 aromatic rings. The lowest BCUT2D eigenvalue weighted by atomic mass is 10.2. The van der Waals surface area contributed by atoms with Gasteiger partial charge in [-0.25, -0.2) is 4.79 Å². The molecule has 0 aliphatic heterocycles. The van der Waals surface area contributed by atoms with Crippen LogP contribution in [0, 0.1) is 0 Å². The van der Waals surface area contributed by atoms with E-state index < -0.39 is 18.5 Å². The summed E-state index contributed by atoms with van der Waals surface area (Å²) < 4.78 is 39.6. The Labute approximate surface area is 120 Å². The van der Waals surface area contributed by atoms with Gasteiger partial charge in [-0.1, -0.05) is 0 Å². The molecule has 0 aliphatic carbocycles. The summed E-state index contributed by atoms with van der Waals surface area (Å²) in [4.78, 5) is 11.6. The lowest BCUT2D eigenvalue weighted by molar-refractivity contribution is -0.274. The number of hydrogen-bond donors (Lipinski definition) is 3. The fourth-order valence-electron chi connectivity index (χ4n) is 1.70. The van der Waals surface area contributed by atoms with E-state index in [4.69, 9.17) is 0 Å². The Morgan fingerprint density at radius 2 is 1.86 bits per heavy atom. The van der Waals surface area contributed by atoms with Crippen LogP contribution in [0.2, 0.25) is 0 Å². The molecule has 0 fully saturated rings. The lowest BCUT2D eigenvalue weighted by Crippen LogP contribution is -2.37. The van der Waals surface area contributed by atoms with Crippen LogP contribution in [0.1, 0.15) is 20.3 Å². The van der Waals surface area contributed by atoms with Crippen LogP contribution in [-0.2, 0) is 0 Å². The molecule has 2 atom stereocenters. The van der Waals surface area contributed by atoms with Crippen LogP contribution in [0.3, 0.4) is 0 Å². The fourth-order valence-corrected chi connectivity index (χ4v) is 1.70. The fraction of sp³-hybridized carbons (Fsp3) is 0.462. The number of benzene rings is 1. The van der Waals surface area contributed by atoms with E-state index in [1.165, 1.54) is 12.1 Å². The van der Waals surface area contributed by atoms with Gasteiger partial charge in [0.1, 0.15) is 5.75 Å². The number of carbonyl (C=O) groups is 1. The number of halogens is 3. The molecule has 0 bridgehead atoms. The first-order valence-corrected chi connectivity index (χ1v) is 6.27. The number of carbonyl (C=O) groups excluding carboxylic acids is 1. The van der Waals surface area contributed by atoms with Crippen LogP contribution in [0.4, 0.5) is 23.7 Å². The van der Waals surface area contributed by atoms with Crippen molar-refractivity contribution in [2.45, 2.75) is 38.8 Å². The maximum Gasteiger partial charge on any atom is 0.573 e. The number of hydrogen-bond acceptors (Lipinski definition) is 3. The van der Waals surface area contributed by atoms with Crippen molar-refractivity contribution in [1.29, 1.82) is 0 Å². The first kappa shape index (κ1) is 17.1. The maximum atomic E-state index is 12.0. The highest BCUT2D eigenvalue weighted by Gasteiger charge is 2.30. The monoisotopic (exact) mass is 306 g/mol. The molecule has 0 spiro atoms. The summed E-state index contributed by atoms with van der Waals surface area (Å²) in [7, 11) is 0. The van der Waals surface area contributed by atoms with E-state index in [0.29, 0.717) is 12.1 Å². The van der Waals surface area contributed by atoms with Crippen LogP contribution < -0.4 is 15.4 Å². The van der Waals surface area contributed by atoms with E-state index in [-0.39, 0.29) is 11.8 Å². The Hall–Kier alpha value is -1.96. The maximum absolute atomic E-state index is 12.0. The number of urea groups is 1. The van der Waals surface area contributed by atoms with Crippen LogP contribution in [0.15, 0.2) is 24.3 Å². The van der Waals surface area contributed by atoms with Crippen LogP contribution in [-0.4, -0.2) is 29.6 Å². The number of ether oxygens (including phenoxy) is 1. The second kappa shape index (κ2) is 7.16. The van der Waals surface area contributed by atoms with Crippen molar-refractivity contribution in [1.82, 2.24) is 5.32 Å². The van der Waals surface area contributed by atoms with Gasteiger partial charge < -0.3 is 20.5 Å². The van der Waals surface area contributed by atoms with Crippen molar-refractivity contribution in [2.75, 3.05) is 5.32 Å². The van der Waals surface area contributed by atoms with E-state index in [1.807, 2.05) is 0 Å². The van der Waals surface area contributed by atoms with Gasteiger partial charge in [-0.2, -0.15) is 0 Å². The molecular formula is C13H17F3N2O3. The van der Waals surface area contributed by atoms with Crippen LogP contribution in [0.5, 0.6) is 5.75 Å². The molecule has 0 aliphatic rings. The molecule has 118 valence electrons. The summed E-state index contributed by atoms with van der Waals surface area (Å²) in [5.74, 6) is -0.365. The Balaban J connectivity index is 2.50. The molecular weight excluding hydrogens is 289 g/mol. The third-order valence-electron chi connectivity index (χ3n) is 2.42. The SMILES string of the molecule is CC(O)CC(C)NC(=O)Nc1ccc(OC(F)(F)F)cc1. The molecule has 1 rings (SSSR count). The predicted molar refractivity (Wildman–Crippen MR) is 71.0 cm³/mol. The lowest BCUT2D eigenvalue weighted by Gasteiger charge is -2.16. The van der Waals surface area contributed by atoms with Crippen molar-refractivity contribution < 1.29 is 27.8 Å². The Morgan fingerprint density at radius 3 is 2.33 bits per heavy atom. The third kappa shape index (κ3) is 7.40. The number of anilines is 1. The van der Waals surface area contributed by atoms with E-state index in [9.17, 15) is 23.1 Å². The number of aliphatic hydroxyl groups excluding tert-OH is 1. The zero-order chi connectivity index (χ0) is 16.0. The topological polar surface area (TPSA) is 70.6 Å². The summed E-state index contributed by atoms with van der Waals surface area (Å²) >= 11 is 0. The van der Waals surface area contributed by atoms with Gasteiger partial charge in [-0.05, 0) is 44.5 Å². The summed E-state index contributed by atoms with van der Waals surface area (Å²) in [6, 6.07) is 4.04. The first-order valence-electron chi connectivity index (χ1n) is 6.27. The summed E-state index contributed by atoms with van der Waals surface area (Å²) in [6.07, 6.45) is -4.90. The second-order valence-corrected chi connectivity index (χ2v) is 4.66. The van der Waals surface area contributed by atoms with Gasteiger partial charge in [0.05, 0.1) is 6.10 Å². The van der Waals surface area contributed by atoms with Gasteiger partial charge in [-0.3, -0.25) is 0 Å². The normalized spacial score (nSPS) is 14.2. The molecule has 21 heavy (non-hydrogen) atoms. The van der Waals surface area contributed by atoms with Crippen LogP contribution in [0.25, 0.3) is 0 Å². The van der Waals surface area contributed by atoms with Crippen molar-refractivity contribution in [3.05, 3.63) is 24.3 Å². The third-order valence-corrected chi connectivity index (χ3v) is 2.42. The van der Waals surface area contributed by atoms with Gasteiger partial charge in [0.2, 0.25) is 0 Å². The van der Waals surface area contributed by atoms with E-state index >= 15 is 0 Å². The molecule has 0 saturated heterocycles. The van der Waals surface area contributed by atoms with E-state index in [0.717, 1.165) is 12.1 Å². The Bertz CT molecular complexity index is 461. The van der Waals surface area contributed by atoms with E-state index in [1.54, 1.807) is 13.8 Å². The van der Waals surface area contributed by atoms with Gasteiger partial charge >= 0.3 is 12.4 Å². The molecule has 8 heteroatoms. The van der Waals surface area contributed by atoms with Crippen LogP contribution >= 0.6 is 0 Å². The average Bonchev–Trinajstić information content (AvgIpc) is 2.28. The molecule has 2 unspecified atom stereocenters. The molecule has 1 aromatic carbocycles. The Kier molecular flexibility index (Phi) is 5.83. The number of alkyl halides is 3. The minimum absolute atomic E-state index is 0.238. The molecule has 3 N–H and O–H groups in total. The quantitative estimate of drug-likeness (QED) is 0.783. The highest BCUT2D eigenvalue weighted by Crippen LogP contribution is 2.23. The molecule has 0 saturated carbocycles. The van der Waals surface area contributed by atoms with Gasteiger partial charge in [-0.15, -0.1) is 13.2 Å². The minimum Gasteiger partial charge on any atom is -0.406 e. The van der Waals surface area contributed by atoms with Gasteiger partial charge in [0, 0.05) is 11.7 Å². The number of rotatable bonds is 5. The van der Waals surface area contributed by atoms with Crippen molar-refractivity contribution in [3.63, 3.8) is 0 Å². The van der Waals surface area contributed by atoms with Crippen molar-refractivity contribution in [2.24, 2.45) is 0 Å². The molecule has 0 radical (unpaired) electrons. The summed E-state index contributed by atoms with van der Waals surface area (Å²) in [5.41, 5.74) is 0.325. The zero-order valence-electron chi connectivity index (χ0n) is 11.6. The highest BCUT2D eigenvalue weighted by molar-refractivity contribution is 5.89. The smallest absolute Gasteiger partial charge is 0.406 e. The standard InChI is InChI=1S/C13H17F3N2O3/c1-8(7-9(2)19)17-12(20)18-10-3-5-11(6-4-10)21-13(14,15)16/h3-6,8-9,19H,7H2,1-2H3,(H2,17,18,20). The summed E-state index contributed by atoms with van der Waals surface area (Å²) in [6.45, 7) is 3.34. The molecule has 0 aromatic heterocycles. The molecule has 5 nitrogen and oxygen atoms in total. The Morgan fingerprint density at radius 1 is 1.29 bits per heavy atom. The number of aliphatic hydroxyl groups is 1. The number of amides is 2. The van der Waals surface area contributed by atoms with Crippen molar-refractivity contribution >= 4 is 11.7 Å². The first-order chi connectivity index (χ1) is 9.65. The minimum atomic E-state index is -4.75. The number of nitrogens with one attached hydrogen (secondary N) is 2. The second-order valence-electron chi connectivity index (χ2n) is 4.66. The molecule has 2 amide bonds. The summed E-state index contributed by atoms with van der Waals surface area (Å²) in [5, 5.41) is 14.2. The average molecular weight is 306 g/mol. The van der Waals surface area contributed by atoms with Gasteiger partial charge in [0.15, 0.2) is 0 Å². The largest absolute Gasteiger partial charge is 0.573 e. The van der Waals surface area contributed by atoms with E-state index in [2.05, 4.69) is 15.4 Å². The van der Waals surface area contributed by atoms with Crippen molar-refractivity contribution in [3.8, 4) is 5.75 Å².